The summed E-state index contributed by atoms with van der Waals surface area (Å²) in [4.78, 5) is 7.41. The largest absolute Gasteiger partial charge is 0.386 e. The van der Waals surface area contributed by atoms with Crippen LogP contribution in [-0.4, -0.2) is 45.4 Å². The molecule has 0 fully saturated rings. The zero-order valence-electron chi connectivity index (χ0n) is 12.1. The molecule has 2 rings (SSSR count). The third-order valence-electron chi connectivity index (χ3n) is 2.81. The first-order valence-electron chi connectivity index (χ1n) is 6.58. The third kappa shape index (κ3) is 4.29. The van der Waals surface area contributed by atoms with E-state index in [1.165, 1.54) is 11.3 Å². The average molecular weight is 295 g/mol. The maximum absolute atomic E-state index is 9.44. The van der Waals surface area contributed by atoms with Gasteiger partial charge in [-0.2, -0.15) is 5.10 Å². The maximum Gasteiger partial charge on any atom is 0.121 e. The van der Waals surface area contributed by atoms with Crippen LogP contribution < -0.4 is 5.32 Å². The highest BCUT2D eigenvalue weighted by Crippen LogP contribution is 2.20. The Balaban J connectivity index is 1.84. The summed E-state index contributed by atoms with van der Waals surface area (Å²) >= 11 is 1.52. The quantitative estimate of drug-likeness (QED) is 0.811. The Bertz CT molecular complexity index is 534. The molecule has 2 aromatic heterocycles. The van der Waals surface area contributed by atoms with Crippen molar-refractivity contribution >= 4 is 17.0 Å². The lowest BCUT2D eigenvalue weighted by atomic mass is 10.4. The molecule has 6 nitrogen and oxygen atoms in total. The molecule has 0 aliphatic carbocycles. The highest BCUT2D eigenvalue weighted by atomic mass is 32.1. The topological polar surface area (TPSA) is 66.2 Å². The van der Waals surface area contributed by atoms with E-state index in [1.807, 2.05) is 31.2 Å². The molecule has 1 unspecified atom stereocenters. The second-order valence-electron chi connectivity index (χ2n) is 4.99. The van der Waals surface area contributed by atoms with Crippen molar-refractivity contribution in [2.75, 3.05) is 26.0 Å². The van der Waals surface area contributed by atoms with Crippen LogP contribution in [0.5, 0.6) is 0 Å². The summed E-state index contributed by atoms with van der Waals surface area (Å²) in [6.07, 6.45) is 5.13. The van der Waals surface area contributed by atoms with Crippen molar-refractivity contribution in [3.63, 3.8) is 0 Å². The van der Waals surface area contributed by atoms with Gasteiger partial charge in [0, 0.05) is 23.8 Å². The number of rotatable bonds is 7. The van der Waals surface area contributed by atoms with Gasteiger partial charge < -0.3 is 15.3 Å². The van der Waals surface area contributed by atoms with Crippen molar-refractivity contribution in [2.45, 2.75) is 26.1 Å². The Morgan fingerprint density at radius 1 is 1.45 bits per heavy atom. The number of aliphatic hydroxyl groups excluding tert-OH is 1. The zero-order valence-corrected chi connectivity index (χ0v) is 12.9. The standard InChI is InChI=1S/C13H21N5OS/c1-10(19)13-15-8-12(20-13)7-14-11-6-16-18(9-11)5-4-17(2)3/h6,8-10,14,19H,4-5,7H2,1-3H3. The molecular formula is C13H21N5OS. The van der Waals surface area contributed by atoms with E-state index in [0.29, 0.717) is 6.54 Å². The third-order valence-corrected chi connectivity index (χ3v) is 3.97. The van der Waals surface area contributed by atoms with Gasteiger partial charge in [-0.15, -0.1) is 11.3 Å². The smallest absolute Gasteiger partial charge is 0.121 e. The first-order valence-corrected chi connectivity index (χ1v) is 7.40. The molecule has 110 valence electrons. The van der Waals surface area contributed by atoms with Gasteiger partial charge in [0.15, 0.2) is 0 Å². The second kappa shape index (κ2) is 6.83. The fourth-order valence-corrected chi connectivity index (χ4v) is 2.46. The predicted molar refractivity (Wildman–Crippen MR) is 80.9 cm³/mol. The van der Waals surface area contributed by atoms with Gasteiger partial charge >= 0.3 is 0 Å². The van der Waals surface area contributed by atoms with Crippen LogP contribution in [0.2, 0.25) is 0 Å². The van der Waals surface area contributed by atoms with Gasteiger partial charge in [0.25, 0.3) is 0 Å². The second-order valence-corrected chi connectivity index (χ2v) is 6.14. The van der Waals surface area contributed by atoms with Crippen molar-refractivity contribution in [2.24, 2.45) is 0 Å². The van der Waals surface area contributed by atoms with Crippen LogP contribution in [0.3, 0.4) is 0 Å². The van der Waals surface area contributed by atoms with E-state index in [2.05, 4.69) is 20.3 Å². The Morgan fingerprint density at radius 2 is 2.25 bits per heavy atom. The van der Waals surface area contributed by atoms with Gasteiger partial charge in [0.05, 0.1) is 25.0 Å². The Kier molecular flexibility index (Phi) is 5.11. The van der Waals surface area contributed by atoms with Crippen molar-refractivity contribution in [1.82, 2.24) is 19.7 Å². The Morgan fingerprint density at radius 3 is 2.90 bits per heavy atom. The number of hydrogen-bond acceptors (Lipinski definition) is 6. The first kappa shape index (κ1) is 15.0. The molecular weight excluding hydrogens is 274 g/mol. The van der Waals surface area contributed by atoms with E-state index in [9.17, 15) is 5.11 Å². The summed E-state index contributed by atoms with van der Waals surface area (Å²) in [5.74, 6) is 0. The summed E-state index contributed by atoms with van der Waals surface area (Å²) in [7, 11) is 4.10. The molecule has 0 aromatic carbocycles. The molecule has 2 aromatic rings. The Labute approximate surface area is 123 Å². The van der Waals surface area contributed by atoms with Crippen molar-refractivity contribution in [3.8, 4) is 0 Å². The zero-order chi connectivity index (χ0) is 14.5. The monoisotopic (exact) mass is 295 g/mol. The Hall–Kier alpha value is -1.44. The van der Waals surface area contributed by atoms with E-state index in [0.717, 1.165) is 28.7 Å². The van der Waals surface area contributed by atoms with E-state index in [-0.39, 0.29) is 0 Å². The van der Waals surface area contributed by atoms with Crippen molar-refractivity contribution < 1.29 is 5.11 Å². The molecule has 7 heteroatoms. The number of aromatic nitrogens is 3. The van der Waals surface area contributed by atoms with Crippen LogP contribution in [0, 0.1) is 0 Å². The molecule has 0 bridgehead atoms. The van der Waals surface area contributed by atoms with Gasteiger partial charge in [-0.1, -0.05) is 0 Å². The van der Waals surface area contributed by atoms with E-state index in [4.69, 9.17) is 0 Å². The molecule has 0 amide bonds. The van der Waals surface area contributed by atoms with Crippen LogP contribution >= 0.6 is 11.3 Å². The highest BCUT2D eigenvalue weighted by Gasteiger charge is 2.07. The number of likely N-dealkylation sites (N-methyl/N-ethyl adjacent to an activating group) is 1. The van der Waals surface area contributed by atoms with E-state index >= 15 is 0 Å². The van der Waals surface area contributed by atoms with E-state index in [1.54, 1.807) is 13.1 Å². The van der Waals surface area contributed by atoms with Crippen molar-refractivity contribution in [3.05, 3.63) is 28.5 Å². The van der Waals surface area contributed by atoms with Gasteiger partial charge in [-0.05, 0) is 21.0 Å². The number of aliphatic hydroxyl groups is 1. The highest BCUT2D eigenvalue weighted by molar-refractivity contribution is 7.11. The normalized spacial score (nSPS) is 12.8. The molecule has 1 atom stereocenters. The van der Waals surface area contributed by atoms with Gasteiger partial charge in [-0.3, -0.25) is 4.68 Å². The number of hydrogen-bond donors (Lipinski definition) is 2. The summed E-state index contributed by atoms with van der Waals surface area (Å²) in [5.41, 5.74) is 0.996. The minimum Gasteiger partial charge on any atom is -0.386 e. The van der Waals surface area contributed by atoms with Gasteiger partial charge in [-0.25, -0.2) is 4.98 Å². The van der Waals surface area contributed by atoms with Crippen LogP contribution in [-0.2, 0) is 13.1 Å². The molecule has 0 spiro atoms. The summed E-state index contributed by atoms with van der Waals surface area (Å²) in [6.45, 7) is 4.27. The van der Waals surface area contributed by atoms with Crippen molar-refractivity contribution in [1.29, 1.82) is 0 Å². The minimum absolute atomic E-state index is 0.498. The van der Waals surface area contributed by atoms with Gasteiger partial charge in [0.2, 0.25) is 0 Å². The molecule has 0 saturated heterocycles. The first-order chi connectivity index (χ1) is 9.54. The number of nitrogens with zero attached hydrogens (tertiary/aromatic N) is 4. The molecule has 0 radical (unpaired) electrons. The number of nitrogens with one attached hydrogen (secondary N) is 1. The fourth-order valence-electron chi connectivity index (χ4n) is 1.67. The summed E-state index contributed by atoms with van der Waals surface area (Å²) in [6, 6.07) is 0. The lowest BCUT2D eigenvalue weighted by Crippen LogP contribution is -2.18. The lowest BCUT2D eigenvalue weighted by Gasteiger charge is -2.08. The molecule has 2 heterocycles. The molecule has 0 aliphatic heterocycles. The lowest BCUT2D eigenvalue weighted by molar-refractivity contribution is 0.199. The molecule has 0 aliphatic rings. The fraction of sp³-hybridized carbons (Fsp3) is 0.538. The van der Waals surface area contributed by atoms with Crippen LogP contribution in [0.1, 0.15) is 22.9 Å². The SMILES string of the molecule is CC(O)c1ncc(CNc2cnn(CCN(C)C)c2)s1. The van der Waals surface area contributed by atoms with E-state index < -0.39 is 6.10 Å². The molecule has 20 heavy (non-hydrogen) atoms. The van der Waals surface area contributed by atoms with Crippen LogP contribution in [0.15, 0.2) is 18.6 Å². The van der Waals surface area contributed by atoms with Crippen LogP contribution in [0.25, 0.3) is 0 Å². The maximum atomic E-state index is 9.44. The average Bonchev–Trinajstić information content (AvgIpc) is 3.03. The summed E-state index contributed by atoms with van der Waals surface area (Å²) in [5, 5.41) is 17.8. The van der Waals surface area contributed by atoms with Crippen LogP contribution in [0.4, 0.5) is 5.69 Å². The number of anilines is 1. The predicted octanol–water partition coefficient (Wildman–Crippen LogP) is 1.57. The minimum atomic E-state index is -0.498. The number of thiazole rings is 1. The van der Waals surface area contributed by atoms with Gasteiger partial charge in [0.1, 0.15) is 11.1 Å². The molecule has 0 saturated carbocycles. The molecule has 2 N–H and O–H groups in total. The summed E-state index contributed by atoms with van der Waals surface area (Å²) < 4.78 is 1.93.